The van der Waals surface area contributed by atoms with Crippen molar-refractivity contribution in [3.63, 3.8) is 0 Å². The van der Waals surface area contributed by atoms with Gasteiger partial charge in [-0.1, -0.05) is 31.2 Å². The van der Waals surface area contributed by atoms with Crippen LogP contribution in [0.3, 0.4) is 0 Å². The van der Waals surface area contributed by atoms with Gasteiger partial charge in [-0.2, -0.15) is 0 Å². The van der Waals surface area contributed by atoms with E-state index >= 15 is 0 Å². The lowest BCUT2D eigenvalue weighted by Gasteiger charge is -2.13. The number of thioether (sulfide) groups is 1. The van der Waals surface area contributed by atoms with E-state index in [4.69, 9.17) is 0 Å². The summed E-state index contributed by atoms with van der Waals surface area (Å²) in [5.74, 6) is 0.471. The summed E-state index contributed by atoms with van der Waals surface area (Å²) in [6.45, 7) is 2.31. The molecule has 154 valence electrons. The zero-order chi connectivity index (χ0) is 21.2. The Balaban J connectivity index is 1.48. The summed E-state index contributed by atoms with van der Waals surface area (Å²) in [5.41, 5.74) is 2.21. The van der Waals surface area contributed by atoms with Gasteiger partial charge >= 0.3 is 6.03 Å². The third-order valence-electron chi connectivity index (χ3n) is 4.28. The molecule has 0 radical (unpaired) electrons. The van der Waals surface area contributed by atoms with Gasteiger partial charge in [0.25, 0.3) is 0 Å². The Morgan fingerprint density at radius 1 is 0.933 bits per heavy atom. The molecule has 3 rings (SSSR count). The number of carbonyl (C=O) groups excluding carboxylic acids is 2. The molecule has 1 heterocycles. The first-order chi connectivity index (χ1) is 14.6. The second kappa shape index (κ2) is 11.0. The van der Waals surface area contributed by atoms with Crippen LogP contribution in [0, 0.1) is 5.92 Å². The van der Waals surface area contributed by atoms with Crippen LogP contribution < -0.4 is 16.0 Å². The van der Waals surface area contributed by atoms with E-state index in [0.717, 1.165) is 10.5 Å². The van der Waals surface area contributed by atoms with Crippen molar-refractivity contribution in [3.05, 3.63) is 84.7 Å². The Bertz CT molecular complexity index is 967. The number of anilines is 2. The lowest BCUT2D eigenvalue weighted by Crippen LogP contribution is -2.28. The molecule has 30 heavy (non-hydrogen) atoms. The van der Waals surface area contributed by atoms with Crippen LogP contribution in [0.4, 0.5) is 16.2 Å². The van der Waals surface area contributed by atoms with Gasteiger partial charge in [0, 0.05) is 46.9 Å². The quantitative estimate of drug-likeness (QED) is 0.459. The minimum atomic E-state index is -0.317. The lowest BCUT2D eigenvalue weighted by molar-refractivity contribution is -0.118. The van der Waals surface area contributed by atoms with Crippen molar-refractivity contribution in [2.45, 2.75) is 18.4 Å². The van der Waals surface area contributed by atoms with Crippen LogP contribution in [0.25, 0.3) is 0 Å². The third kappa shape index (κ3) is 6.93. The molecular weight excluding hydrogens is 396 g/mol. The molecule has 0 aliphatic rings. The molecule has 0 spiro atoms. The number of nitrogens with one attached hydrogen (secondary N) is 3. The van der Waals surface area contributed by atoms with Crippen LogP contribution in [-0.2, 0) is 11.3 Å². The van der Waals surface area contributed by atoms with E-state index in [1.54, 1.807) is 48.4 Å². The maximum atomic E-state index is 12.5. The average molecular weight is 421 g/mol. The fourth-order valence-electron chi connectivity index (χ4n) is 2.61. The first-order valence-electron chi connectivity index (χ1n) is 9.62. The number of hydrogen-bond donors (Lipinski definition) is 3. The summed E-state index contributed by atoms with van der Waals surface area (Å²) in [6.07, 6.45) is 3.36. The van der Waals surface area contributed by atoms with Gasteiger partial charge in [-0.05, 0) is 48.0 Å². The molecular formula is C23H24N4O2S. The van der Waals surface area contributed by atoms with Gasteiger partial charge in [0.2, 0.25) is 5.91 Å². The van der Waals surface area contributed by atoms with E-state index in [-0.39, 0.29) is 17.9 Å². The zero-order valence-corrected chi connectivity index (χ0v) is 17.5. The average Bonchev–Trinajstić information content (AvgIpc) is 2.77. The highest BCUT2D eigenvalue weighted by Gasteiger charge is 2.14. The maximum Gasteiger partial charge on any atom is 0.319 e. The highest BCUT2D eigenvalue weighted by atomic mass is 32.2. The number of rotatable bonds is 8. The van der Waals surface area contributed by atoms with Gasteiger partial charge in [-0.15, -0.1) is 11.8 Å². The molecule has 1 atom stereocenters. The number of urea groups is 1. The first kappa shape index (κ1) is 21.4. The monoisotopic (exact) mass is 420 g/mol. The second-order valence-electron chi connectivity index (χ2n) is 6.76. The number of pyridine rings is 1. The molecule has 7 heteroatoms. The Morgan fingerprint density at radius 2 is 1.63 bits per heavy atom. The summed E-state index contributed by atoms with van der Waals surface area (Å²) in [7, 11) is 0. The molecule has 6 nitrogen and oxygen atoms in total. The van der Waals surface area contributed by atoms with Crippen molar-refractivity contribution in [3.8, 4) is 0 Å². The molecule has 3 amide bonds. The predicted molar refractivity (Wildman–Crippen MR) is 121 cm³/mol. The van der Waals surface area contributed by atoms with E-state index in [9.17, 15) is 9.59 Å². The van der Waals surface area contributed by atoms with E-state index in [0.29, 0.717) is 23.7 Å². The Hall–Kier alpha value is -3.32. The molecule has 0 fully saturated rings. The molecule has 0 saturated heterocycles. The molecule has 1 aromatic heterocycles. The Labute approximate surface area is 180 Å². The number of hydrogen-bond acceptors (Lipinski definition) is 4. The normalized spacial score (nSPS) is 11.4. The zero-order valence-electron chi connectivity index (χ0n) is 16.7. The summed E-state index contributed by atoms with van der Waals surface area (Å²) in [5, 5.41) is 8.49. The van der Waals surface area contributed by atoms with E-state index in [1.807, 2.05) is 49.4 Å². The minimum absolute atomic E-state index is 0.0577. The molecule has 0 aliphatic heterocycles. The van der Waals surface area contributed by atoms with Crippen molar-refractivity contribution in [1.29, 1.82) is 0 Å². The fourth-order valence-corrected chi connectivity index (χ4v) is 3.56. The molecule has 3 N–H and O–H groups in total. The molecule has 1 unspecified atom stereocenters. The summed E-state index contributed by atoms with van der Waals surface area (Å²) in [4.78, 5) is 29.7. The summed E-state index contributed by atoms with van der Waals surface area (Å²) < 4.78 is 0. The van der Waals surface area contributed by atoms with Crippen molar-refractivity contribution in [2.75, 3.05) is 16.4 Å². The fraction of sp³-hybridized carbons (Fsp3) is 0.174. The third-order valence-corrected chi connectivity index (χ3v) is 5.55. The molecule has 0 aliphatic carbocycles. The van der Waals surface area contributed by atoms with Crippen LogP contribution in [0.1, 0.15) is 12.5 Å². The largest absolute Gasteiger partial charge is 0.334 e. The van der Waals surface area contributed by atoms with Gasteiger partial charge in [0.15, 0.2) is 0 Å². The highest BCUT2D eigenvalue weighted by Crippen LogP contribution is 2.21. The Morgan fingerprint density at radius 3 is 2.37 bits per heavy atom. The predicted octanol–water partition coefficient (Wildman–Crippen LogP) is 4.77. The van der Waals surface area contributed by atoms with Crippen LogP contribution in [0.5, 0.6) is 0 Å². The van der Waals surface area contributed by atoms with E-state index in [2.05, 4.69) is 20.9 Å². The maximum absolute atomic E-state index is 12.5. The number of aromatic nitrogens is 1. The Kier molecular flexibility index (Phi) is 7.86. The molecule has 0 bridgehead atoms. The lowest BCUT2D eigenvalue weighted by atomic mass is 10.2. The van der Waals surface area contributed by atoms with E-state index in [1.165, 1.54) is 0 Å². The second-order valence-corrected chi connectivity index (χ2v) is 7.85. The van der Waals surface area contributed by atoms with Gasteiger partial charge < -0.3 is 16.0 Å². The first-order valence-corrected chi connectivity index (χ1v) is 10.6. The number of nitrogens with zero attached hydrogens (tertiary/aromatic N) is 1. The van der Waals surface area contributed by atoms with Gasteiger partial charge in [0.1, 0.15) is 0 Å². The standard InChI is InChI=1S/C23H24N4O2S/c1-17(16-30-21-8-3-2-4-9-21)22(28)26-19-6-5-7-20(14-19)27-23(29)25-15-18-10-12-24-13-11-18/h2-14,17H,15-16H2,1H3,(H,26,28)(H2,25,27,29). The van der Waals surface area contributed by atoms with Crippen LogP contribution in [0.15, 0.2) is 84.0 Å². The van der Waals surface area contributed by atoms with Gasteiger partial charge in [-0.25, -0.2) is 4.79 Å². The summed E-state index contributed by atoms with van der Waals surface area (Å²) >= 11 is 1.65. The van der Waals surface area contributed by atoms with Gasteiger partial charge in [0.05, 0.1) is 0 Å². The van der Waals surface area contributed by atoms with Crippen molar-refractivity contribution < 1.29 is 9.59 Å². The molecule has 2 aromatic carbocycles. The number of benzene rings is 2. The van der Waals surface area contributed by atoms with Crippen molar-refractivity contribution in [2.24, 2.45) is 5.92 Å². The van der Waals surface area contributed by atoms with E-state index < -0.39 is 0 Å². The van der Waals surface area contributed by atoms with Gasteiger partial charge in [-0.3, -0.25) is 9.78 Å². The van der Waals surface area contributed by atoms with Crippen molar-refractivity contribution in [1.82, 2.24) is 10.3 Å². The molecule has 3 aromatic rings. The number of amides is 3. The van der Waals surface area contributed by atoms with Crippen LogP contribution in [-0.4, -0.2) is 22.7 Å². The topological polar surface area (TPSA) is 83.1 Å². The smallest absolute Gasteiger partial charge is 0.319 e. The van der Waals surface area contributed by atoms with Crippen LogP contribution in [0.2, 0.25) is 0 Å². The van der Waals surface area contributed by atoms with Crippen molar-refractivity contribution >= 4 is 35.1 Å². The number of carbonyl (C=O) groups is 2. The highest BCUT2D eigenvalue weighted by molar-refractivity contribution is 7.99. The minimum Gasteiger partial charge on any atom is -0.334 e. The molecule has 0 saturated carbocycles. The summed E-state index contributed by atoms with van der Waals surface area (Å²) in [6, 6.07) is 20.5. The van der Waals surface area contributed by atoms with Crippen LogP contribution >= 0.6 is 11.8 Å². The SMILES string of the molecule is CC(CSc1ccccc1)C(=O)Nc1cccc(NC(=O)NCc2ccncc2)c1.